The van der Waals surface area contributed by atoms with Crippen LogP contribution in [-0.2, 0) is 19.1 Å². The fraction of sp³-hybridized carbons (Fsp3) is 0.350. The summed E-state index contributed by atoms with van der Waals surface area (Å²) in [6, 6.07) is 7.01. The van der Waals surface area contributed by atoms with Gasteiger partial charge in [0, 0.05) is 5.70 Å². The van der Waals surface area contributed by atoms with E-state index in [0.29, 0.717) is 28.8 Å². The van der Waals surface area contributed by atoms with Crippen LogP contribution < -0.4 is 4.74 Å². The molecule has 0 radical (unpaired) electrons. The lowest BCUT2D eigenvalue weighted by Crippen LogP contribution is -2.37. The van der Waals surface area contributed by atoms with Crippen LogP contribution in [0.2, 0.25) is 0 Å². The number of hydrogen-bond acceptors (Lipinski definition) is 8. The molecule has 0 aromatic heterocycles. The molecule has 0 aliphatic carbocycles. The molecule has 0 saturated heterocycles. The van der Waals surface area contributed by atoms with Crippen molar-refractivity contribution < 1.29 is 23.8 Å². The molecule has 7 nitrogen and oxygen atoms in total. The third-order valence-corrected chi connectivity index (χ3v) is 5.36. The molecule has 28 heavy (non-hydrogen) atoms. The first-order valence-corrected chi connectivity index (χ1v) is 9.70. The lowest BCUT2D eigenvalue weighted by molar-refractivity contribution is -0.142. The molecule has 1 aromatic rings. The van der Waals surface area contributed by atoms with Crippen LogP contribution in [0.3, 0.4) is 0 Å². The van der Waals surface area contributed by atoms with Crippen molar-refractivity contribution in [3.05, 3.63) is 52.2 Å². The van der Waals surface area contributed by atoms with Gasteiger partial charge in [0.2, 0.25) is 0 Å². The number of carbonyl (C=O) groups excluding carboxylic acids is 2. The van der Waals surface area contributed by atoms with E-state index in [4.69, 9.17) is 14.2 Å². The second kappa shape index (κ2) is 8.52. The molecule has 148 valence electrons. The van der Waals surface area contributed by atoms with Crippen LogP contribution in [0.4, 0.5) is 0 Å². The Morgan fingerprint density at radius 2 is 1.93 bits per heavy atom. The molecule has 0 spiro atoms. The van der Waals surface area contributed by atoms with Gasteiger partial charge in [0.15, 0.2) is 5.17 Å². The van der Waals surface area contributed by atoms with Crippen molar-refractivity contribution in [2.75, 3.05) is 20.8 Å². The smallest absolute Gasteiger partial charge is 0.338 e. The molecule has 2 aliphatic rings. The maximum absolute atomic E-state index is 12.6. The Kier molecular flexibility index (Phi) is 6.08. The first-order chi connectivity index (χ1) is 13.5. The van der Waals surface area contributed by atoms with E-state index >= 15 is 0 Å². The number of hydrogen-bond donors (Lipinski definition) is 0. The Labute approximate surface area is 168 Å². The number of esters is 2. The van der Waals surface area contributed by atoms with E-state index in [-0.39, 0.29) is 12.4 Å². The highest BCUT2D eigenvalue weighted by Gasteiger charge is 2.41. The van der Waals surface area contributed by atoms with Crippen LogP contribution in [0.15, 0.2) is 51.6 Å². The van der Waals surface area contributed by atoms with Gasteiger partial charge >= 0.3 is 11.9 Å². The average Bonchev–Trinajstić information content (AvgIpc) is 3.08. The fourth-order valence-corrected chi connectivity index (χ4v) is 4.17. The van der Waals surface area contributed by atoms with Crippen molar-refractivity contribution >= 4 is 28.9 Å². The molecule has 0 amide bonds. The van der Waals surface area contributed by atoms with Gasteiger partial charge in [-0.15, -0.1) is 0 Å². The summed E-state index contributed by atoms with van der Waals surface area (Å²) >= 11 is 1.42. The number of rotatable bonds is 6. The van der Waals surface area contributed by atoms with E-state index in [9.17, 15) is 9.59 Å². The van der Waals surface area contributed by atoms with Crippen LogP contribution in [-0.4, -0.2) is 42.8 Å². The van der Waals surface area contributed by atoms with Crippen molar-refractivity contribution in [1.82, 2.24) is 4.90 Å². The number of methoxy groups -OCH3 is 2. The normalized spacial score (nSPS) is 18.3. The van der Waals surface area contributed by atoms with E-state index in [1.54, 1.807) is 21.0 Å². The van der Waals surface area contributed by atoms with Gasteiger partial charge in [0.25, 0.3) is 0 Å². The van der Waals surface area contributed by atoms with E-state index < -0.39 is 12.0 Å². The summed E-state index contributed by atoms with van der Waals surface area (Å²) in [7, 11) is 2.95. The Balaban J connectivity index is 2.05. The molecule has 1 atom stereocenters. The second-order valence-corrected chi connectivity index (χ2v) is 6.98. The maximum atomic E-state index is 12.6. The van der Waals surface area contributed by atoms with E-state index in [1.165, 1.54) is 18.9 Å². The summed E-state index contributed by atoms with van der Waals surface area (Å²) in [6.45, 7) is 3.87. The molecule has 0 fully saturated rings. The number of fused-ring (bicyclic) bond motifs is 1. The van der Waals surface area contributed by atoms with Crippen molar-refractivity contribution in [3.63, 3.8) is 0 Å². The fourth-order valence-electron chi connectivity index (χ4n) is 3.20. The van der Waals surface area contributed by atoms with E-state index in [0.717, 1.165) is 11.3 Å². The molecular weight excluding hydrogens is 380 g/mol. The number of amidine groups is 1. The van der Waals surface area contributed by atoms with Gasteiger partial charge in [0.05, 0.1) is 44.6 Å². The van der Waals surface area contributed by atoms with Crippen molar-refractivity contribution in [3.8, 4) is 5.75 Å². The second-order valence-electron chi connectivity index (χ2n) is 6.14. The molecule has 1 aromatic carbocycles. The maximum Gasteiger partial charge on any atom is 0.338 e. The third kappa shape index (κ3) is 3.77. The SMILES string of the molecule is CCOC(=O)CC1=CSC2=NC(C)=C(C(=O)OC)[C@H](c3ccc(OC)cc3)N12. The number of benzene rings is 1. The summed E-state index contributed by atoms with van der Waals surface area (Å²) in [5.41, 5.74) is 2.63. The third-order valence-electron chi connectivity index (χ3n) is 4.47. The van der Waals surface area contributed by atoms with Gasteiger partial charge in [-0.3, -0.25) is 4.79 Å². The standard InChI is InChI=1S/C20H22N2O5S/c1-5-27-16(23)10-14-11-28-20-21-12(2)17(19(24)26-4)18(22(14)20)13-6-8-15(25-3)9-7-13/h6-9,11,18H,5,10H2,1-4H3/t18-/m0/s1. The number of carbonyl (C=O) groups is 2. The summed E-state index contributed by atoms with van der Waals surface area (Å²) in [5.74, 6) is -0.0599. The van der Waals surface area contributed by atoms with E-state index in [1.807, 2.05) is 34.6 Å². The molecule has 8 heteroatoms. The van der Waals surface area contributed by atoms with Crippen molar-refractivity contribution in [2.45, 2.75) is 26.3 Å². The monoisotopic (exact) mass is 402 g/mol. The lowest BCUT2D eigenvalue weighted by atomic mass is 9.94. The Morgan fingerprint density at radius 3 is 2.54 bits per heavy atom. The van der Waals surface area contributed by atoms with Gasteiger partial charge in [-0.1, -0.05) is 23.9 Å². The van der Waals surface area contributed by atoms with Gasteiger partial charge in [-0.25, -0.2) is 9.79 Å². The minimum Gasteiger partial charge on any atom is -0.497 e. The highest BCUT2D eigenvalue weighted by Crippen LogP contribution is 2.45. The summed E-state index contributed by atoms with van der Waals surface area (Å²) in [4.78, 5) is 31.1. The van der Waals surface area contributed by atoms with Crippen LogP contribution >= 0.6 is 11.8 Å². The van der Waals surface area contributed by atoms with Gasteiger partial charge < -0.3 is 19.1 Å². The minimum atomic E-state index is -0.457. The first-order valence-electron chi connectivity index (χ1n) is 8.82. The number of ether oxygens (including phenoxy) is 3. The topological polar surface area (TPSA) is 77.4 Å². The molecule has 0 bridgehead atoms. The van der Waals surface area contributed by atoms with Crippen LogP contribution in [0.5, 0.6) is 5.75 Å². The van der Waals surface area contributed by atoms with Gasteiger partial charge in [-0.05, 0) is 37.0 Å². The Bertz CT molecular complexity index is 873. The van der Waals surface area contributed by atoms with E-state index in [2.05, 4.69) is 4.99 Å². The van der Waals surface area contributed by atoms with Crippen LogP contribution in [0.25, 0.3) is 0 Å². The Morgan fingerprint density at radius 1 is 1.21 bits per heavy atom. The summed E-state index contributed by atoms with van der Waals surface area (Å²) < 4.78 is 15.4. The number of aliphatic imine (C=N–C) groups is 1. The summed E-state index contributed by atoms with van der Waals surface area (Å²) in [5, 5.41) is 2.59. The molecule has 0 saturated carbocycles. The molecule has 3 rings (SSSR count). The number of thioether (sulfide) groups is 1. The predicted octanol–water partition coefficient (Wildman–Crippen LogP) is 3.40. The summed E-state index contributed by atoms with van der Waals surface area (Å²) in [6.07, 6.45) is 0.0972. The zero-order valence-electron chi connectivity index (χ0n) is 16.2. The van der Waals surface area contributed by atoms with Gasteiger partial charge in [-0.2, -0.15) is 0 Å². The van der Waals surface area contributed by atoms with Crippen molar-refractivity contribution in [1.29, 1.82) is 0 Å². The molecule has 0 unspecified atom stereocenters. The lowest BCUT2D eigenvalue weighted by Gasteiger charge is -2.36. The highest BCUT2D eigenvalue weighted by atomic mass is 32.2. The number of allylic oxidation sites excluding steroid dienone is 1. The van der Waals surface area contributed by atoms with Crippen LogP contribution in [0.1, 0.15) is 31.9 Å². The molecular formula is C20H22N2O5S. The molecule has 0 N–H and O–H groups in total. The van der Waals surface area contributed by atoms with Gasteiger partial charge in [0.1, 0.15) is 5.75 Å². The quantitative estimate of drug-likeness (QED) is 0.675. The average molecular weight is 402 g/mol. The Hall–Kier alpha value is -2.74. The zero-order valence-corrected chi connectivity index (χ0v) is 17.0. The number of nitrogens with zero attached hydrogens (tertiary/aromatic N) is 2. The van der Waals surface area contributed by atoms with Crippen LogP contribution in [0, 0.1) is 0 Å². The predicted molar refractivity (Wildman–Crippen MR) is 107 cm³/mol. The minimum absolute atomic E-state index is 0.0972. The van der Waals surface area contributed by atoms with Crippen molar-refractivity contribution in [2.24, 2.45) is 4.99 Å². The highest BCUT2D eigenvalue weighted by molar-refractivity contribution is 8.16. The molecule has 2 heterocycles. The largest absolute Gasteiger partial charge is 0.497 e. The zero-order chi connectivity index (χ0) is 20.3. The first kappa shape index (κ1) is 20.0. The molecule has 2 aliphatic heterocycles.